The summed E-state index contributed by atoms with van der Waals surface area (Å²) in [6.07, 6.45) is 10.7. The van der Waals surface area contributed by atoms with Gasteiger partial charge in [-0.3, -0.25) is 0 Å². The van der Waals surface area contributed by atoms with Crippen molar-refractivity contribution in [1.82, 2.24) is 5.32 Å². The molecule has 1 fully saturated rings. The van der Waals surface area contributed by atoms with Gasteiger partial charge < -0.3 is 5.32 Å². The number of allylic oxidation sites excluding steroid dienone is 1. The number of benzene rings is 1. The molecule has 1 aromatic rings. The van der Waals surface area contributed by atoms with E-state index in [0.717, 1.165) is 12.3 Å². The Balaban J connectivity index is 2.01. The molecule has 0 heterocycles. The third-order valence-corrected chi connectivity index (χ3v) is 5.49. The topological polar surface area (TPSA) is 12.0 Å². The first-order chi connectivity index (χ1) is 11.4. The average Bonchev–Trinajstić information content (AvgIpc) is 2.53. The predicted molar refractivity (Wildman–Crippen MR) is 107 cm³/mol. The monoisotopic (exact) mass is 327 g/mol. The third kappa shape index (κ3) is 6.09. The lowest BCUT2D eigenvalue weighted by Crippen LogP contribution is -2.37. The molecule has 1 aliphatic carbocycles. The summed E-state index contributed by atoms with van der Waals surface area (Å²) in [6.45, 7) is 12.5. The molecule has 0 saturated heterocycles. The van der Waals surface area contributed by atoms with Crippen molar-refractivity contribution in [3.05, 3.63) is 47.0 Å². The summed E-state index contributed by atoms with van der Waals surface area (Å²) in [4.78, 5) is 0. The molecule has 1 N–H and O–H groups in total. The Kier molecular flexibility index (Phi) is 7.10. The SMILES string of the molecule is CC(C)=CC(CC(C)(C)c1ccc(C)cc1)NCC1CCCCC1. The van der Waals surface area contributed by atoms with Crippen molar-refractivity contribution >= 4 is 0 Å². The van der Waals surface area contributed by atoms with Gasteiger partial charge in [0.2, 0.25) is 0 Å². The fourth-order valence-electron chi connectivity index (χ4n) is 3.97. The van der Waals surface area contributed by atoms with Crippen molar-refractivity contribution < 1.29 is 0 Å². The Hall–Kier alpha value is -1.08. The van der Waals surface area contributed by atoms with Gasteiger partial charge in [-0.25, -0.2) is 0 Å². The molecular formula is C23H37N. The molecule has 2 rings (SSSR count). The number of aryl methyl sites for hydroxylation is 1. The molecule has 1 unspecified atom stereocenters. The highest BCUT2D eigenvalue weighted by Gasteiger charge is 2.25. The van der Waals surface area contributed by atoms with E-state index >= 15 is 0 Å². The number of rotatable bonds is 7. The number of nitrogens with one attached hydrogen (secondary N) is 1. The van der Waals surface area contributed by atoms with Gasteiger partial charge in [0.1, 0.15) is 0 Å². The van der Waals surface area contributed by atoms with Crippen molar-refractivity contribution in [3.8, 4) is 0 Å². The van der Waals surface area contributed by atoms with Crippen molar-refractivity contribution in [3.63, 3.8) is 0 Å². The van der Waals surface area contributed by atoms with Gasteiger partial charge in [-0.2, -0.15) is 0 Å². The highest BCUT2D eigenvalue weighted by molar-refractivity contribution is 5.28. The Morgan fingerprint density at radius 2 is 1.75 bits per heavy atom. The number of hydrogen-bond acceptors (Lipinski definition) is 1. The highest BCUT2D eigenvalue weighted by atomic mass is 14.9. The maximum atomic E-state index is 3.88. The summed E-state index contributed by atoms with van der Waals surface area (Å²) in [5.41, 5.74) is 4.38. The van der Waals surface area contributed by atoms with E-state index in [4.69, 9.17) is 0 Å². The van der Waals surface area contributed by atoms with Crippen LogP contribution in [0.2, 0.25) is 0 Å². The molecule has 1 heteroatoms. The molecule has 0 aromatic heterocycles. The summed E-state index contributed by atoms with van der Waals surface area (Å²) >= 11 is 0. The van der Waals surface area contributed by atoms with Gasteiger partial charge in [-0.15, -0.1) is 0 Å². The fraction of sp³-hybridized carbons (Fsp3) is 0.652. The lowest BCUT2D eigenvalue weighted by Gasteiger charge is -2.31. The molecule has 0 aliphatic heterocycles. The second-order valence-corrected chi connectivity index (χ2v) is 8.72. The van der Waals surface area contributed by atoms with Gasteiger partial charge in [-0.05, 0) is 63.5 Å². The Bertz CT molecular complexity index is 513. The lowest BCUT2D eigenvalue weighted by atomic mass is 9.78. The largest absolute Gasteiger partial charge is 0.310 e. The quantitative estimate of drug-likeness (QED) is 0.591. The molecule has 1 aliphatic rings. The molecule has 1 saturated carbocycles. The van der Waals surface area contributed by atoms with E-state index in [1.807, 2.05) is 0 Å². The molecule has 0 amide bonds. The zero-order valence-electron chi connectivity index (χ0n) is 16.5. The maximum Gasteiger partial charge on any atom is 0.0260 e. The first kappa shape index (κ1) is 19.2. The standard InChI is InChI=1S/C23H37N/c1-18(2)15-22(24-17-20-9-7-6-8-10-20)16-23(4,5)21-13-11-19(3)12-14-21/h11-15,20,22,24H,6-10,16-17H2,1-5H3. The van der Waals surface area contributed by atoms with Gasteiger partial charge in [0.25, 0.3) is 0 Å². The van der Waals surface area contributed by atoms with Crippen molar-refractivity contribution in [2.45, 2.75) is 84.6 Å². The Morgan fingerprint density at radius 3 is 2.33 bits per heavy atom. The predicted octanol–water partition coefficient (Wildman–Crippen LogP) is 6.17. The summed E-state index contributed by atoms with van der Waals surface area (Å²) in [6, 6.07) is 9.55. The zero-order valence-corrected chi connectivity index (χ0v) is 16.5. The van der Waals surface area contributed by atoms with Gasteiger partial charge in [0, 0.05) is 6.04 Å². The van der Waals surface area contributed by atoms with E-state index < -0.39 is 0 Å². The third-order valence-electron chi connectivity index (χ3n) is 5.49. The molecule has 0 radical (unpaired) electrons. The lowest BCUT2D eigenvalue weighted by molar-refractivity contribution is 0.319. The minimum atomic E-state index is 0.184. The Labute approximate surface area is 149 Å². The fourth-order valence-corrected chi connectivity index (χ4v) is 3.97. The van der Waals surface area contributed by atoms with Crippen molar-refractivity contribution in [2.75, 3.05) is 6.54 Å². The average molecular weight is 328 g/mol. The minimum absolute atomic E-state index is 0.184. The first-order valence-electron chi connectivity index (χ1n) is 9.82. The van der Waals surface area contributed by atoms with Crippen LogP contribution >= 0.6 is 0 Å². The second kappa shape index (κ2) is 8.85. The normalized spacial score (nSPS) is 17.5. The van der Waals surface area contributed by atoms with Crippen LogP contribution in [0.3, 0.4) is 0 Å². The van der Waals surface area contributed by atoms with Crippen LogP contribution in [-0.4, -0.2) is 12.6 Å². The van der Waals surface area contributed by atoms with E-state index in [-0.39, 0.29) is 5.41 Å². The summed E-state index contributed by atoms with van der Waals surface area (Å²) in [7, 11) is 0. The van der Waals surface area contributed by atoms with E-state index in [1.54, 1.807) is 0 Å². The molecule has 0 bridgehead atoms. The van der Waals surface area contributed by atoms with Crippen LogP contribution < -0.4 is 5.32 Å². The van der Waals surface area contributed by atoms with Gasteiger partial charge in [0.05, 0.1) is 0 Å². The highest BCUT2D eigenvalue weighted by Crippen LogP contribution is 2.30. The van der Waals surface area contributed by atoms with Crippen molar-refractivity contribution in [1.29, 1.82) is 0 Å². The first-order valence-corrected chi connectivity index (χ1v) is 9.82. The van der Waals surface area contributed by atoms with E-state index in [0.29, 0.717) is 6.04 Å². The second-order valence-electron chi connectivity index (χ2n) is 8.72. The molecule has 1 aromatic carbocycles. The van der Waals surface area contributed by atoms with Crippen LogP contribution in [0.25, 0.3) is 0 Å². The molecule has 24 heavy (non-hydrogen) atoms. The van der Waals surface area contributed by atoms with E-state index in [2.05, 4.69) is 70.3 Å². The minimum Gasteiger partial charge on any atom is -0.310 e. The maximum absolute atomic E-state index is 3.88. The van der Waals surface area contributed by atoms with Gasteiger partial charge >= 0.3 is 0 Å². The van der Waals surface area contributed by atoms with Crippen LogP contribution in [0.5, 0.6) is 0 Å². The summed E-state index contributed by atoms with van der Waals surface area (Å²) < 4.78 is 0. The zero-order chi connectivity index (χ0) is 17.6. The van der Waals surface area contributed by atoms with Crippen LogP contribution in [0, 0.1) is 12.8 Å². The summed E-state index contributed by atoms with van der Waals surface area (Å²) in [5.74, 6) is 0.884. The molecule has 134 valence electrons. The smallest absolute Gasteiger partial charge is 0.0260 e. The number of hydrogen-bond donors (Lipinski definition) is 1. The van der Waals surface area contributed by atoms with Crippen LogP contribution in [-0.2, 0) is 5.41 Å². The molecular weight excluding hydrogens is 290 g/mol. The van der Waals surface area contributed by atoms with Crippen LogP contribution in [0.4, 0.5) is 0 Å². The summed E-state index contributed by atoms with van der Waals surface area (Å²) in [5, 5.41) is 3.88. The Morgan fingerprint density at radius 1 is 1.12 bits per heavy atom. The molecule has 1 atom stereocenters. The van der Waals surface area contributed by atoms with Crippen LogP contribution in [0.1, 0.15) is 77.3 Å². The van der Waals surface area contributed by atoms with Crippen LogP contribution in [0.15, 0.2) is 35.9 Å². The molecule has 1 nitrogen and oxygen atoms in total. The van der Waals surface area contributed by atoms with Gasteiger partial charge in [-0.1, -0.05) is 74.6 Å². The van der Waals surface area contributed by atoms with Crippen molar-refractivity contribution in [2.24, 2.45) is 5.92 Å². The van der Waals surface area contributed by atoms with E-state index in [9.17, 15) is 0 Å². The van der Waals surface area contributed by atoms with E-state index in [1.165, 1.54) is 55.3 Å². The molecule has 0 spiro atoms. The van der Waals surface area contributed by atoms with Gasteiger partial charge in [0.15, 0.2) is 0 Å².